The van der Waals surface area contributed by atoms with Gasteiger partial charge in [0.2, 0.25) is 0 Å². The van der Waals surface area contributed by atoms with Gasteiger partial charge in [0.1, 0.15) is 0 Å². The smallest absolute Gasteiger partial charge is 0.166 e. The molecule has 0 amide bonds. The Balaban J connectivity index is 0.000000157. The molecule has 2 aromatic heterocycles. The molecule has 130 valence electrons. The third-order valence-electron chi connectivity index (χ3n) is 3.05. The van der Waals surface area contributed by atoms with E-state index in [1.165, 1.54) is 9.40 Å². The van der Waals surface area contributed by atoms with Gasteiger partial charge < -0.3 is 4.98 Å². The molecule has 0 unspecified atom stereocenters. The Labute approximate surface area is 164 Å². The fourth-order valence-corrected chi connectivity index (χ4v) is 4.90. The van der Waals surface area contributed by atoms with Crippen LogP contribution in [0, 0.1) is 3.95 Å². The van der Waals surface area contributed by atoms with E-state index in [0.29, 0.717) is 0 Å². The zero-order valence-electron chi connectivity index (χ0n) is 14.2. The number of nitrogens with one attached hydrogen (secondary N) is 2. The molecule has 0 saturated carbocycles. The van der Waals surface area contributed by atoms with Crippen molar-refractivity contribution >= 4 is 67.3 Å². The van der Waals surface area contributed by atoms with E-state index < -0.39 is 0 Å². The van der Waals surface area contributed by atoms with Crippen LogP contribution in [-0.4, -0.2) is 15.5 Å². The van der Waals surface area contributed by atoms with Gasteiger partial charge in [0.25, 0.3) is 0 Å². The van der Waals surface area contributed by atoms with Crippen molar-refractivity contribution in [2.24, 2.45) is 0 Å². The highest BCUT2D eigenvalue weighted by molar-refractivity contribution is 7.99. The lowest BCUT2D eigenvalue weighted by Crippen LogP contribution is -2.29. The van der Waals surface area contributed by atoms with Crippen LogP contribution in [0.4, 0.5) is 0 Å². The van der Waals surface area contributed by atoms with Crippen molar-refractivity contribution < 1.29 is 0 Å². The van der Waals surface area contributed by atoms with Gasteiger partial charge in [-0.15, -0.1) is 22.7 Å². The number of thiazole rings is 2. The van der Waals surface area contributed by atoms with E-state index in [1.54, 1.807) is 34.6 Å². The van der Waals surface area contributed by atoms with Crippen LogP contribution in [0.2, 0.25) is 0 Å². The molecule has 0 aliphatic heterocycles. The lowest BCUT2D eigenvalue weighted by atomic mass is 10.1. The number of nitrogens with zero attached hydrogens (tertiary/aromatic N) is 1. The molecule has 0 aliphatic carbocycles. The van der Waals surface area contributed by atoms with Crippen LogP contribution in [0.25, 0.3) is 20.4 Å². The molecule has 4 rings (SSSR count). The number of benzene rings is 2. The molecule has 0 radical (unpaired) electrons. The number of para-hydroxylation sites is 2. The van der Waals surface area contributed by atoms with Crippen molar-refractivity contribution in [1.82, 2.24) is 14.7 Å². The van der Waals surface area contributed by atoms with Crippen LogP contribution < -0.4 is 4.72 Å². The lowest BCUT2D eigenvalue weighted by Gasteiger charge is -2.17. The maximum Gasteiger partial charge on any atom is 0.166 e. The van der Waals surface area contributed by atoms with Crippen molar-refractivity contribution in [3.8, 4) is 0 Å². The number of H-pyrrole nitrogens is 1. The largest absolute Gasteiger partial charge is 0.337 e. The minimum atomic E-state index is 0.114. The Hall–Kier alpha value is -1.25. The molecule has 2 heterocycles. The zero-order valence-corrected chi connectivity index (χ0v) is 17.5. The first-order valence-electron chi connectivity index (χ1n) is 7.78. The van der Waals surface area contributed by atoms with Crippen molar-refractivity contribution in [2.75, 3.05) is 0 Å². The van der Waals surface area contributed by atoms with E-state index in [2.05, 4.69) is 47.6 Å². The van der Waals surface area contributed by atoms with E-state index in [1.807, 2.05) is 36.4 Å². The molecule has 0 atom stereocenters. The molecule has 3 nitrogen and oxygen atoms in total. The fourth-order valence-electron chi connectivity index (χ4n) is 1.99. The van der Waals surface area contributed by atoms with Crippen LogP contribution in [-0.2, 0) is 0 Å². The number of aromatic nitrogens is 2. The second-order valence-electron chi connectivity index (χ2n) is 6.41. The normalized spacial score (nSPS) is 11.5. The minimum Gasteiger partial charge on any atom is -0.337 e. The van der Waals surface area contributed by atoms with E-state index >= 15 is 0 Å². The van der Waals surface area contributed by atoms with Crippen LogP contribution in [0.5, 0.6) is 0 Å². The molecule has 7 heteroatoms. The first-order valence-corrected chi connectivity index (χ1v) is 10.6. The quantitative estimate of drug-likeness (QED) is 0.289. The molecule has 0 spiro atoms. The molecule has 2 N–H and O–H groups in total. The molecular formula is C18H19N3S4. The van der Waals surface area contributed by atoms with Crippen molar-refractivity contribution in [3.63, 3.8) is 0 Å². The molecule has 0 aliphatic rings. The summed E-state index contributed by atoms with van der Waals surface area (Å²) in [6.45, 7) is 6.44. The molecule has 2 aromatic carbocycles. The maximum atomic E-state index is 4.98. The monoisotopic (exact) mass is 405 g/mol. The third kappa shape index (κ3) is 5.36. The Kier molecular flexibility index (Phi) is 5.91. The Morgan fingerprint density at radius 2 is 1.68 bits per heavy atom. The van der Waals surface area contributed by atoms with Crippen molar-refractivity contribution in [3.05, 3.63) is 52.5 Å². The summed E-state index contributed by atoms with van der Waals surface area (Å²) >= 11 is 9.93. The van der Waals surface area contributed by atoms with E-state index in [-0.39, 0.29) is 5.54 Å². The van der Waals surface area contributed by atoms with Crippen molar-refractivity contribution in [1.29, 1.82) is 0 Å². The summed E-state index contributed by atoms with van der Waals surface area (Å²) in [5.74, 6) is 0. The molecular weight excluding hydrogens is 386 g/mol. The average Bonchev–Trinajstić information content (AvgIpc) is 3.14. The van der Waals surface area contributed by atoms with Crippen LogP contribution in [0.15, 0.2) is 52.9 Å². The van der Waals surface area contributed by atoms with Crippen molar-refractivity contribution in [2.45, 2.75) is 30.6 Å². The highest BCUT2D eigenvalue weighted by atomic mass is 32.2. The summed E-state index contributed by atoms with van der Waals surface area (Å²) < 4.78 is 7.76. The molecule has 25 heavy (non-hydrogen) atoms. The van der Waals surface area contributed by atoms with Gasteiger partial charge >= 0.3 is 0 Å². The van der Waals surface area contributed by atoms with Gasteiger partial charge in [-0.2, -0.15) is 0 Å². The Bertz CT molecular complexity index is 955. The van der Waals surface area contributed by atoms with Gasteiger partial charge in [-0.05, 0) is 69.2 Å². The zero-order chi connectivity index (χ0) is 17.9. The van der Waals surface area contributed by atoms with Gasteiger partial charge in [-0.1, -0.05) is 24.3 Å². The first-order chi connectivity index (χ1) is 11.9. The highest BCUT2D eigenvalue weighted by Crippen LogP contribution is 2.28. The van der Waals surface area contributed by atoms with Gasteiger partial charge in [0.15, 0.2) is 8.29 Å². The summed E-state index contributed by atoms with van der Waals surface area (Å²) in [5, 5.41) is 0. The Morgan fingerprint density at radius 3 is 2.36 bits per heavy atom. The molecule has 0 saturated heterocycles. The predicted octanol–water partition coefficient (Wildman–Crippen LogP) is 6.65. The van der Waals surface area contributed by atoms with Gasteiger partial charge in [-0.3, -0.25) is 4.72 Å². The summed E-state index contributed by atoms with van der Waals surface area (Å²) in [5.41, 5.74) is 2.33. The molecule has 0 bridgehead atoms. The van der Waals surface area contributed by atoms with Gasteiger partial charge in [-0.25, -0.2) is 4.98 Å². The first kappa shape index (κ1) is 18.5. The van der Waals surface area contributed by atoms with E-state index in [0.717, 1.165) is 19.3 Å². The van der Waals surface area contributed by atoms with Gasteiger partial charge in [0, 0.05) is 5.54 Å². The SMILES string of the molecule is CC(C)(C)NSc1nc2ccccc2s1.S=c1[nH]c2ccccc2s1. The fraction of sp³-hybridized carbons (Fsp3) is 0.222. The second-order valence-corrected chi connectivity index (χ2v) is 10.2. The average molecular weight is 406 g/mol. The highest BCUT2D eigenvalue weighted by Gasteiger charge is 2.11. The number of rotatable bonds is 2. The number of hydrogen-bond acceptors (Lipinski definition) is 6. The molecule has 4 aromatic rings. The van der Waals surface area contributed by atoms with Crippen LogP contribution in [0.1, 0.15) is 20.8 Å². The maximum absolute atomic E-state index is 4.98. The topological polar surface area (TPSA) is 40.7 Å². The summed E-state index contributed by atoms with van der Waals surface area (Å²) in [6, 6.07) is 16.3. The van der Waals surface area contributed by atoms with E-state index in [9.17, 15) is 0 Å². The second kappa shape index (κ2) is 7.97. The Morgan fingerprint density at radius 1 is 1.00 bits per heavy atom. The minimum absolute atomic E-state index is 0.114. The van der Waals surface area contributed by atoms with Gasteiger partial charge in [0.05, 0.1) is 20.4 Å². The number of fused-ring (bicyclic) bond motifs is 2. The number of aromatic amines is 1. The summed E-state index contributed by atoms with van der Waals surface area (Å²) in [7, 11) is 0. The molecule has 0 fully saturated rings. The predicted molar refractivity (Wildman–Crippen MR) is 115 cm³/mol. The van der Waals surface area contributed by atoms with Crippen LogP contribution >= 0.6 is 46.8 Å². The lowest BCUT2D eigenvalue weighted by molar-refractivity contribution is 0.535. The van der Waals surface area contributed by atoms with E-state index in [4.69, 9.17) is 12.2 Å². The van der Waals surface area contributed by atoms with Crippen LogP contribution in [0.3, 0.4) is 0 Å². The summed E-state index contributed by atoms with van der Waals surface area (Å²) in [4.78, 5) is 7.63. The third-order valence-corrected chi connectivity index (χ3v) is 6.57. The standard InChI is InChI=1S/C11H14N2S2.C7H5NS2/c1-11(2,3)13-15-10-12-8-6-4-5-7-9(8)14-10;9-7-8-5-3-1-2-4-6(5)10-7/h4-7,13H,1-3H3;1-4H,(H,8,9). The number of hydrogen-bond donors (Lipinski definition) is 2. The summed E-state index contributed by atoms with van der Waals surface area (Å²) in [6.07, 6.45) is 0.